The van der Waals surface area contributed by atoms with Gasteiger partial charge in [0, 0.05) is 41.9 Å². The van der Waals surface area contributed by atoms with Crippen LogP contribution in [-0.2, 0) is 13.0 Å². The van der Waals surface area contributed by atoms with E-state index in [1.165, 1.54) is 12.1 Å². The summed E-state index contributed by atoms with van der Waals surface area (Å²) in [6, 6.07) is 8.27. The molecule has 0 radical (unpaired) electrons. The van der Waals surface area contributed by atoms with Gasteiger partial charge in [0.2, 0.25) is 0 Å². The Balaban J connectivity index is 1.91. The smallest absolute Gasteiger partial charge is 0.269 e. The van der Waals surface area contributed by atoms with Crippen LogP contribution in [0.1, 0.15) is 23.3 Å². The average molecular weight is 369 g/mol. The highest BCUT2D eigenvalue weighted by Gasteiger charge is 2.12. The molecule has 0 aliphatic rings. The van der Waals surface area contributed by atoms with Crippen LogP contribution in [0.5, 0.6) is 0 Å². The Morgan fingerprint density at radius 2 is 1.88 bits per heavy atom. The zero-order valence-corrected chi connectivity index (χ0v) is 15.7. The highest BCUT2D eigenvalue weighted by molar-refractivity contribution is 7.09. The molecular weight excluding hydrogens is 350 g/mol. The van der Waals surface area contributed by atoms with Crippen LogP contribution in [0.3, 0.4) is 0 Å². The second-order valence-corrected chi connectivity index (χ2v) is 6.97. The summed E-state index contributed by atoms with van der Waals surface area (Å²) in [4.78, 5) is 26.2. The minimum atomic E-state index is -0.415. The van der Waals surface area contributed by atoms with Crippen LogP contribution in [0, 0.1) is 17.0 Å². The Labute approximate surface area is 155 Å². The molecule has 3 aromatic rings. The largest absolute Gasteiger partial charge is 0.354 e. The van der Waals surface area contributed by atoms with Crippen molar-refractivity contribution < 1.29 is 4.92 Å². The molecule has 134 valence electrons. The van der Waals surface area contributed by atoms with Gasteiger partial charge in [-0.1, -0.05) is 6.92 Å². The lowest BCUT2D eigenvalue weighted by Gasteiger charge is -2.18. The second kappa shape index (κ2) is 7.57. The number of anilines is 1. The summed E-state index contributed by atoms with van der Waals surface area (Å²) in [5, 5.41) is 13.9. The summed E-state index contributed by atoms with van der Waals surface area (Å²) in [5.41, 5.74) is 2.73. The number of thiazole rings is 1. The van der Waals surface area contributed by atoms with Gasteiger partial charge in [0.1, 0.15) is 5.82 Å². The fourth-order valence-electron chi connectivity index (χ4n) is 2.53. The number of hydrogen-bond donors (Lipinski definition) is 0. The van der Waals surface area contributed by atoms with Gasteiger partial charge in [-0.25, -0.2) is 15.0 Å². The summed E-state index contributed by atoms with van der Waals surface area (Å²) >= 11 is 1.63. The number of hydrogen-bond acceptors (Lipinski definition) is 7. The van der Waals surface area contributed by atoms with Crippen molar-refractivity contribution in [2.24, 2.45) is 0 Å². The van der Waals surface area contributed by atoms with E-state index in [4.69, 9.17) is 0 Å². The standard InChI is InChI=1S/C18H19N5O2S/c1-4-14-9-17(22(3)10-15-11-26-12(2)19-15)21-18(20-14)13-5-7-16(8-6-13)23(24)25/h5-9,11H,4,10H2,1-3H3. The van der Waals surface area contributed by atoms with Crippen LogP contribution >= 0.6 is 11.3 Å². The molecule has 0 amide bonds. The first kappa shape index (κ1) is 17.9. The van der Waals surface area contributed by atoms with Gasteiger partial charge >= 0.3 is 0 Å². The van der Waals surface area contributed by atoms with Crippen molar-refractivity contribution in [2.45, 2.75) is 26.8 Å². The van der Waals surface area contributed by atoms with Crippen molar-refractivity contribution >= 4 is 22.8 Å². The van der Waals surface area contributed by atoms with Crippen LogP contribution in [0.25, 0.3) is 11.4 Å². The van der Waals surface area contributed by atoms with Gasteiger partial charge in [-0.15, -0.1) is 11.3 Å². The Morgan fingerprint density at radius 1 is 1.15 bits per heavy atom. The lowest BCUT2D eigenvalue weighted by atomic mass is 10.2. The van der Waals surface area contributed by atoms with E-state index in [0.29, 0.717) is 12.4 Å². The van der Waals surface area contributed by atoms with E-state index in [9.17, 15) is 10.1 Å². The number of benzene rings is 1. The van der Waals surface area contributed by atoms with Crippen molar-refractivity contribution in [3.8, 4) is 11.4 Å². The van der Waals surface area contributed by atoms with Gasteiger partial charge in [-0.05, 0) is 25.5 Å². The Kier molecular flexibility index (Phi) is 5.22. The topological polar surface area (TPSA) is 85.0 Å². The molecule has 3 rings (SSSR count). The van der Waals surface area contributed by atoms with Gasteiger partial charge in [-0.2, -0.15) is 0 Å². The quantitative estimate of drug-likeness (QED) is 0.482. The summed E-state index contributed by atoms with van der Waals surface area (Å²) in [6.07, 6.45) is 0.777. The molecule has 0 spiro atoms. The zero-order valence-electron chi connectivity index (χ0n) is 14.8. The maximum atomic E-state index is 10.8. The molecule has 0 atom stereocenters. The van der Waals surface area contributed by atoms with Crippen LogP contribution in [0.4, 0.5) is 11.5 Å². The molecule has 0 unspecified atom stereocenters. The maximum Gasteiger partial charge on any atom is 0.269 e. The highest BCUT2D eigenvalue weighted by atomic mass is 32.1. The zero-order chi connectivity index (χ0) is 18.7. The minimum Gasteiger partial charge on any atom is -0.354 e. The molecule has 26 heavy (non-hydrogen) atoms. The third-order valence-corrected chi connectivity index (χ3v) is 4.74. The van der Waals surface area contributed by atoms with E-state index in [2.05, 4.69) is 15.0 Å². The number of rotatable bonds is 6. The molecule has 0 saturated carbocycles. The number of nitro benzene ring substituents is 1. The van der Waals surface area contributed by atoms with Gasteiger partial charge in [0.05, 0.1) is 22.2 Å². The van der Waals surface area contributed by atoms with Crippen molar-refractivity contribution in [1.29, 1.82) is 0 Å². The number of aromatic nitrogens is 3. The van der Waals surface area contributed by atoms with Gasteiger partial charge in [0.25, 0.3) is 5.69 Å². The number of non-ortho nitro benzene ring substituents is 1. The van der Waals surface area contributed by atoms with E-state index in [1.54, 1.807) is 23.5 Å². The molecule has 0 saturated heterocycles. The van der Waals surface area contributed by atoms with Gasteiger partial charge in [-0.3, -0.25) is 10.1 Å². The molecule has 1 aromatic carbocycles. The van der Waals surface area contributed by atoms with Gasteiger partial charge < -0.3 is 4.90 Å². The fraction of sp³-hybridized carbons (Fsp3) is 0.278. The first-order valence-corrected chi connectivity index (χ1v) is 9.09. The molecule has 0 bridgehead atoms. The predicted molar refractivity (Wildman–Crippen MR) is 102 cm³/mol. The van der Waals surface area contributed by atoms with Crippen molar-refractivity contribution in [3.63, 3.8) is 0 Å². The first-order valence-electron chi connectivity index (χ1n) is 8.21. The lowest BCUT2D eigenvalue weighted by Crippen LogP contribution is -2.19. The van der Waals surface area contributed by atoms with E-state index in [0.717, 1.165) is 34.2 Å². The predicted octanol–water partition coefficient (Wildman–Crippen LogP) is 4.02. The summed E-state index contributed by atoms with van der Waals surface area (Å²) < 4.78 is 0. The molecule has 0 aliphatic carbocycles. The normalized spacial score (nSPS) is 10.7. The van der Waals surface area contributed by atoms with Crippen LogP contribution in [-0.4, -0.2) is 26.9 Å². The number of nitro groups is 1. The summed E-state index contributed by atoms with van der Waals surface area (Å²) in [5.74, 6) is 1.37. The number of aryl methyl sites for hydroxylation is 2. The third-order valence-electron chi connectivity index (χ3n) is 3.92. The van der Waals surface area contributed by atoms with Crippen LogP contribution in [0.15, 0.2) is 35.7 Å². The van der Waals surface area contributed by atoms with Gasteiger partial charge in [0.15, 0.2) is 5.82 Å². The van der Waals surface area contributed by atoms with E-state index in [1.807, 2.05) is 37.2 Å². The summed E-state index contributed by atoms with van der Waals surface area (Å²) in [6.45, 7) is 4.68. The van der Waals surface area contributed by atoms with E-state index >= 15 is 0 Å². The molecule has 0 fully saturated rings. The maximum absolute atomic E-state index is 10.8. The minimum absolute atomic E-state index is 0.0524. The molecule has 2 heterocycles. The Bertz CT molecular complexity index is 924. The number of nitrogens with zero attached hydrogens (tertiary/aromatic N) is 5. The molecule has 7 nitrogen and oxygen atoms in total. The van der Waals surface area contributed by atoms with Crippen LogP contribution < -0.4 is 4.90 Å². The van der Waals surface area contributed by atoms with Crippen molar-refractivity contribution in [3.05, 3.63) is 62.2 Å². The van der Waals surface area contributed by atoms with Crippen molar-refractivity contribution in [1.82, 2.24) is 15.0 Å². The molecule has 0 aliphatic heterocycles. The molecule has 2 aromatic heterocycles. The second-order valence-electron chi connectivity index (χ2n) is 5.91. The highest BCUT2D eigenvalue weighted by Crippen LogP contribution is 2.23. The fourth-order valence-corrected chi connectivity index (χ4v) is 3.13. The molecule has 8 heteroatoms. The monoisotopic (exact) mass is 369 g/mol. The van der Waals surface area contributed by atoms with Crippen LogP contribution in [0.2, 0.25) is 0 Å². The van der Waals surface area contributed by atoms with E-state index < -0.39 is 4.92 Å². The molecule has 0 N–H and O–H groups in total. The average Bonchev–Trinajstić information content (AvgIpc) is 3.06. The SMILES string of the molecule is CCc1cc(N(C)Cc2csc(C)n2)nc(-c2ccc([N+](=O)[O-])cc2)n1. The van der Waals surface area contributed by atoms with E-state index in [-0.39, 0.29) is 5.69 Å². The Hall–Kier alpha value is -2.87. The first-order chi connectivity index (χ1) is 12.5. The molecular formula is C18H19N5O2S. The Morgan fingerprint density at radius 3 is 2.46 bits per heavy atom. The third kappa shape index (κ3) is 4.02. The lowest BCUT2D eigenvalue weighted by molar-refractivity contribution is -0.384. The summed E-state index contributed by atoms with van der Waals surface area (Å²) in [7, 11) is 1.97. The van der Waals surface area contributed by atoms with Crippen molar-refractivity contribution in [2.75, 3.05) is 11.9 Å².